The lowest BCUT2D eigenvalue weighted by Crippen LogP contribution is -2.29. The number of carbonyl (C=O) groups excluding carboxylic acids is 1. The van der Waals surface area contributed by atoms with Gasteiger partial charge in [0.05, 0.1) is 11.9 Å². The Morgan fingerprint density at radius 1 is 1.33 bits per heavy atom. The number of pyridine rings is 1. The second-order valence-corrected chi connectivity index (χ2v) is 4.46. The molecular formula is C14H19N3O. The molecule has 1 fully saturated rings. The van der Waals surface area contributed by atoms with Crippen molar-refractivity contribution in [1.82, 2.24) is 10.3 Å². The van der Waals surface area contributed by atoms with E-state index in [1.54, 1.807) is 6.20 Å². The van der Waals surface area contributed by atoms with Crippen LogP contribution in [0.15, 0.2) is 18.5 Å². The summed E-state index contributed by atoms with van der Waals surface area (Å²) < 4.78 is 0. The van der Waals surface area contributed by atoms with Crippen molar-refractivity contribution in [3.05, 3.63) is 29.7 Å². The zero-order valence-corrected chi connectivity index (χ0v) is 10.7. The van der Waals surface area contributed by atoms with E-state index < -0.39 is 0 Å². The van der Waals surface area contributed by atoms with Crippen LogP contribution in [0, 0.1) is 0 Å². The van der Waals surface area contributed by atoms with Gasteiger partial charge in [-0.3, -0.25) is 9.78 Å². The van der Waals surface area contributed by atoms with Gasteiger partial charge in [0.25, 0.3) is 0 Å². The van der Waals surface area contributed by atoms with Gasteiger partial charge in [-0.1, -0.05) is 0 Å². The maximum Gasteiger partial charge on any atom is 0.169 e. The smallest absolute Gasteiger partial charge is 0.169 e. The largest absolute Gasteiger partial charge is 0.394 e. The van der Waals surface area contributed by atoms with Crippen LogP contribution in [-0.2, 0) is 0 Å². The number of rotatable bonds is 4. The second-order valence-electron chi connectivity index (χ2n) is 4.46. The zero-order chi connectivity index (χ0) is 12.8. The minimum atomic E-state index is 0.488. The lowest BCUT2D eigenvalue weighted by molar-refractivity contribution is 0.111. The number of aldehydes is 1. The molecule has 1 aliphatic heterocycles. The van der Waals surface area contributed by atoms with Gasteiger partial charge in [-0.2, -0.15) is 0 Å². The highest BCUT2D eigenvalue weighted by Gasteiger charge is 2.12. The first-order chi connectivity index (χ1) is 8.85. The molecule has 0 spiro atoms. The minimum absolute atomic E-state index is 0.488. The summed E-state index contributed by atoms with van der Waals surface area (Å²) in [4.78, 5) is 17.5. The van der Waals surface area contributed by atoms with Crippen molar-refractivity contribution in [2.45, 2.75) is 19.3 Å². The SMILES string of the molecule is CN/C=C\c1cc(N2CCCCC2)cnc1C=O. The topological polar surface area (TPSA) is 45.2 Å². The van der Waals surface area contributed by atoms with E-state index in [0.29, 0.717) is 5.69 Å². The Morgan fingerprint density at radius 2 is 2.11 bits per heavy atom. The molecular weight excluding hydrogens is 226 g/mol. The monoisotopic (exact) mass is 245 g/mol. The third kappa shape index (κ3) is 2.88. The molecule has 0 atom stereocenters. The van der Waals surface area contributed by atoms with E-state index in [-0.39, 0.29) is 0 Å². The van der Waals surface area contributed by atoms with Crippen molar-refractivity contribution < 1.29 is 4.79 Å². The minimum Gasteiger partial charge on any atom is -0.394 e. The fourth-order valence-electron chi connectivity index (χ4n) is 2.21. The van der Waals surface area contributed by atoms with Gasteiger partial charge in [-0.25, -0.2) is 0 Å². The fourth-order valence-corrected chi connectivity index (χ4v) is 2.21. The van der Waals surface area contributed by atoms with Crippen LogP contribution in [0.1, 0.15) is 35.3 Å². The number of hydrogen-bond donors (Lipinski definition) is 1. The molecule has 2 rings (SSSR count). The molecule has 0 aliphatic carbocycles. The van der Waals surface area contributed by atoms with Gasteiger partial charge in [0.2, 0.25) is 0 Å². The lowest BCUT2D eigenvalue weighted by Gasteiger charge is -2.28. The summed E-state index contributed by atoms with van der Waals surface area (Å²) in [5.41, 5.74) is 2.46. The Labute approximate surface area is 108 Å². The number of hydrogen-bond acceptors (Lipinski definition) is 4. The highest BCUT2D eigenvalue weighted by Crippen LogP contribution is 2.21. The molecule has 0 amide bonds. The van der Waals surface area contributed by atoms with Crippen molar-refractivity contribution in [3.63, 3.8) is 0 Å². The number of nitrogens with one attached hydrogen (secondary N) is 1. The quantitative estimate of drug-likeness (QED) is 0.825. The molecule has 1 aliphatic rings. The van der Waals surface area contributed by atoms with Gasteiger partial charge in [0.15, 0.2) is 6.29 Å². The summed E-state index contributed by atoms with van der Waals surface area (Å²) in [5.74, 6) is 0. The molecule has 1 aromatic heterocycles. The lowest BCUT2D eigenvalue weighted by atomic mass is 10.1. The van der Waals surface area contributed by atoms with E-state index in [1.807, 2.05) is 25.4 Å². The van der Waals surface area contributed by atoms with E-state index in [1.165, 1.54) is 19.3 Å². The molecule has 18 heavy (non-hydrogen) atoms. The van der Waals surface area contributed by atoms with Gasteiger partial charge in [0, 0.05) is 25.7 Å². The number of carbonyl (C=O) groups is 1. The Kier molecular flexibility index (Phi) is 4.34. The molecule has 0 bridgehead atoms. The van der Waals surface area contributed by atoms with Crippen molar-refractivity contribution in [2.24, 2.45) is 0 Å². The van der Waals surface area contributed by atoms with E-state index >= 15 is 0 Å². The molecule has 1 saturated heterocycles. The van der Waals surface area contributed by atoms with Crippen LogP contribution in [0.25, 0.3) is 6.08 Å². The van der Waals surface area contributed by atoms with Crippen molar-refractivity contribution in [3.8, 4) is 0 Å². The maximum atomic E-state index is 10.9. The third-order valence-electron chi connectivity index (χ3n) is 3.20. The predicted molar refractivity (Wildman–Crippen MR) is 73.8 cm³/mol. The molecule has 0 radical (unpaired) electrons. The molecule has 4 nitrogen and oxygen atoms in total. The molecule has 4 heteroatoms. The van der Waals surface area contributed by atoms with E-state index in [9.17, 15) is 4.79 Å². The van der Waals surface area contributed by atoms with Crippen LogP contribution in [-0.4, -0.2) is 31.4 Å². The van der Waals surface area contributed by atoms with Crippen LogP contribution >= 0.6 is 0 Å². The molecule has 0 saturated carbocycles. The molecule has 1 aromatic rings. The summed E-state index contributed by atoms with van der Waals surface area (Å²) in [5, 5.41) is 2.93. The van der Waals surface area contributed by atoms with Crippen molar-refractivity contribution >= 4 is 18.0 Å². The molecule has 2 heterocycles. The van der Waals surface area contributed by atoms with Crippen LogP contribution in [0.3, 0.4) is 0 Å². The Bertz CT molecular complexity index is 437. The average Bonchev–Trinajstić information content (AvgIpc) is 2.45. The molecule has 96 valence electrons. The zero-order valence-electron chi connectivity index (χ0n) is 10.7. The first kappa shape index (κ1) is 12.6. The summed E-state index contributed by atoms with van der Waals surface area (Å²) in [6.07, 6.45) is 10.1. The standard InChI is InChI=1S/C14H19N3O/c1-15-6-5-12-9-13(10-16-14(12)11-18)17-7-3-2-4-8-17/h5-6,9-11,15H,2-4,7-8H2,1H3/b6-5-. The predicted octanol–water partition coefficient (Wildman–Crippen LogP) is 2.07. The Morgan fingerprint density at radius 3 is 2.78 bits per heavy atom. The molecule has 0 aromatic carbocycles. The number of anilines is 1. The van der Waals surface area contributed by atoms with Gasteiger partial charge < -0.3 is 10.2 Å². The van der Waals surface area contributed by atoms with Gasteiger partial charge >= 0.3 is 0 Å². The van der Waals surface area contributed by atoms with Gasteiger partial charge in [-0.05, 0) is 37.6 Å². The van der Waals surface area contributed by atoms with Crippen LogP contribution in [0.4, 0.5) is 5.69 Å². The van der Waals surface area contributed by atoms with Crippen molar-refractivity contribution in [1.29, 1.82) is 0 Å². The van der Waals surface area contributed by atoms with E-state index in [2.05, 4.69) is 15.2 Å². The highest BCUT2D eigenvalue weighted by atomic mass is 16.1. The third-order valence-corrected chi connectivity index (χ3v) is 3.20. The summed E-state index contributed by atoms with van der Waals surface area (Å²) >= 11 is 0. The van der Waals surface area contributed by atoms with E-state index in [4.69, 9.17) is 0 Å². The summed E-state index contributed by atoms with van der Waals surface area (Å²) in [6, 6.07) is 2.04. The highest BCUT2D eigenvalue weighted by molar-refractivity contribution is 5.80. The first-order valence-corrected chi connectivity index (χ1v) is 6.39. The summed E-state index contributed by atoms with van der Waals surface area (Å²) in [7, 11) is 1.83. The molecule has 1 N–H and O–H groups in total. The second kappa shape index (κ2) is 6.19. The first-order valence-electron chi connectivity index (χ1n) is 6.39. The molecule has 0 unspecified atom stereocenters. The normalized spacial score (nSPS) is 15.9. The number of aromatic nitrogens is 1. The number of piperidine rings is 1. The summed E-state index contributed by atoms with van der Waals surface area (Å²) in [6.45, 7) is 2.16. The fraction of sp³-hybridized carbons (Fsp3) is 0.429. The van der Waals surface area contributed by atoms with Crippen LogP contribution in [0.2, 0.25) is 0 Å². The average molecular weight is 245 g/mol. The van der Waals surface area contributed by atoms with Gasteiger partial charge in [-0.15, -0.1) is 0 Å². The Hall–Kier alpha value is -1.84. The van der Waals surface area contributed by atoms with E-state index in [0.717, 1.165) is 30.6 Å². The Balaban J connectivity index is 2.26. The van der Waals surface area contributed by atoms with Crippen LogP contribution in [0.5, 0.6) is 0 Å². The van der Waals surface area contributed by atoms with Crippen molar-refractivity contribution in [2.75, 3.05) is 25.0 Å². The maximum absolute atomic E-state index is 10.9. The number of nitrogens with zero attached hydrogens (tertiary/aromatic N) is 2. The van der Waals surface area contributed by atoms with Crippen LogP contribution < -0.4 is 10.2 Å². The van der Waals surface area contributed by atoms with Gasteiger partial charge in [0.1, 0.15) is 5.69 Å².